The normalized spacial score (nSPS) is 13.8. The first kappa shape index (κ1) is 18.1. The highest BCUT2D eigenvalue weighted by Gasteiger charge is 2.27. The number of benzene rings is 1. The summed E-state index contributed by atoms with van der Waals surface area (Å²) in [6.07, 6.45) is 0. The molecule has 7 heteroatoms. The van der Waals surface area contributed by atoms with Gasteiger partial charge in [0.15, 0.2) is 0 Å². The summed E-state index contributed by atoms with van der Waals surface area (Å²) >= 11 is 3.24. The summed E-state index contributed by atoms with van der Waals surface area (Å²) in [5.41, 5.74) is -0.0651. The van der Waals surface area contributed by atoms with Gasteiger partial charge in [0.05, 0.1) is 4.90 Å². The zero-order valence-corrected chi connectivity index (χ0v) is 15.1. The lowest BCUT2D eigenvalue weighted by Crippen LogP contribution is -2.42. The van der Waals surface area contributed by atoms with Crippen LogP contribution in [-0.4, -0.2) is 26.0 Å². The van der Waals surface area contributed by atoms with Gasteiger partial charge >= 0.3 is 5.97 Å². The van der Waals surface area contributed by atoms with Gasteiger partial charge in [-0.05, 0) is 52.3 Å². The summed E-state index contributed by atoms with van der Waals surface area (Å²) in [6, 6.07) is 3.98. The van der Waals surface area contributed by atoms with Crippen molar-refractivity contribution in [1.82, 2.24) is 4.72 Å². The van der Waals surface area contributed by atoms with E-state index in [1.165, 1.54) is 13.0 Å². The first-order valence-electron chi connectivity index (χ1n) is 6.44. The zero-order valence-electron chi connectivity index (χ0n) is 12.7. The highest BCUT2D eigenvalue weighted by molar-refractivity contribution is 9.10. The molecule has 118 valence electrons. The number of sulfonamides is 1. The van der Waals surface area contributed by atoms with Crippen molar-refractivity contribution >= 4 is 31.9 Å². The van der Waals surface area contributed by atoms with E-state index < -0.39 is 27.6 Å². The average molecular weight is 378 g/mol. The Balaban J connectivity index is 2.95. The van der Waals surface area contributed by atoms with Crippen molar-refractivity contribution in [2.24, 2.45) is 0 Å². The average Bonchev–Trinajstić information content (AvgIpc) is 2.29. The Morgan fingerprint density at radius 2 is 1.90 bits per heavy atom. The van der Waals surface area contributed by atoms with Crippen molar-refractivity contribution in [3.05, 3.63) is 28.2 Å². The second-order valence-corrected chi connectivity index (χ2v) is 8.38. The number of carbonyl (C=O) groups excluding carboxylic acids is 1. The standard InChI is InChI=1S/C14H20BrNO4S/c1-9-6-7-11(15)8-12(9)21(18,19)16-10(2)13(17)20-14(3,4)5/h6-8,10,16H,1-5H3/t10-/m0/s1. The number of hydrogen-bond donors (Lipinski definition) is 1. The van der Waals surface area contributed by atoms with Gasteiger partial charge in [0.1, 0.15) is 11.6 Å². The molecule has 0 saturated heterocycles. The molecule has 0 aliphatic rings. The van der Waals surface area contributed by atoms with Crippen molar-refractivity contribution in [3.63, 3.8) is 0 Å². The van der Waals surface area contributed by atoms with Gasteiger partial charge in [0.2, 0.25) is 10.0 Å². The number of hydrogen-bond acceptors (Lipinski definition) is 4. The van der Waals surface area contributed by atoms with Crippen molar-refractivity contribution < 1.29 is 17.9 Å². The molecule has 0 aliphatic carbocycles. The Hall–Kier alpha value is -0.920. The van der Waals surface area contributed by atoms with E-state index in [1.54, 1.807) is 39.8 Å². The highest BCUT2D eigenvalue weighted by Crippen LogP contribution is 2.21. The molecule has 1 rings (SSSR count). The second-order valence-electron chi connectivity index (χ2n) is 5.79. The Morgan fingerprint density at radius 1 is 1.33 bits per heavy atom. The predicted octanol–water partition coefficient (Wildman–Crippen LogP) is 2.77. The zero-order chi connectivity index (χ0) is 16.4. The molecule has 21 heavy (non-hydrogen) atoms. The number of halogens is 1. The summed E-state index contributed by atoms with van der Waals surface area (Å²) in [5.74, 6) is -0.612. The van der Waals surface area contributed by atoms with Crippen LogP contribution in [0.4, 0.5) is 0 Å². The molecule has 1 aromatic carbocycles. The Bertz CT molecular complexity index is 635. The van der Waals surface area contributed by atoms with Crippen molar-refractivity contribution in [2.45, 2.75) is 51.2 Å². The molecule has 0 spiro atoms. The number of rotatable bonds is 4. The maximum Gasteiger partial charge on any atom is 0.324 e. The lowest BCUT2D eigenvalue weighted by molar-refractivity contribution is -0.156. The van der Waals surface area contributed by atoms with Crippen molar-refractivity contribution in [1.29, 1.82) is 0 Å². The van der Waals surface area contributed by atoms with E-state index in [9.17, 15) is 13.2 Å². The number of nitrogens with one attached hydrogen (secondary N) is 1. The van der Waals surface area contributed by atoms with Gasteiger partial charge < -0.3 is 4.74 Å². The predicted molar refractivity (Wildman–Crippen MR) is 84.5 cm³/mol. The molecule has 0 fully saturated rings. The minimum Gasteiger partial charge on any atom is -0.459 e. The molecule has 5 nitrogen and oxygen atoms in total. The smallest absolute Gasteiger partial charge is 0.324 e. The number of esters is 1. The molecule has 0 saturated carbocycles. The van der Waals surface area contributed by atoms with Crippen molar-refractivity contribution in [2.75, 3.05) is 0 Å². The van der Waals surface area contributed by atoms with Crippen LogP contribution in [-0.2, 0) is 19.6 Å². The molecule has 0 heterocycles. The fraction of sp³-hybridized carbons (Fsp3) is 0.500. The molecule has 1 N–H and O–H groups in total. The number of aryl methyl sites for hydroxylation is 1. The van der Waals surface area contributed by atoms with Crippen LogP contribution in [0.15, 0.2) is 27.6 Å². The van der Waals surface area contributed by atoms with Gasteiger partial charge in [0.25, 0.3) is 0 Å². The fourth-order valence-corrected chi connectivity index (χ4v) is 3.57. The van der Waals surface area contributed by atoms with E-state index in [2.05, 4.69) is 20.7 Å². The SMILES string of the molecule is Cc1ccc(Br)cc1S(=O)(=O)N[C@@H](C)C(=O)OC(C)(C)C. The van der Waals surface area contributed by atoms with Gasteiger partial charge in [-0.2, -0.15) is 4.72 Å². The number of carbonyl (C=O) groups is 1. The Labute approximate surface area is 134 Å². The third-order valence-electron chi connectivity index (χ3n) is 2.53. The lowest BCUT2D eigenvalue weighted by atomic mass is 10.2. The monoisotopic (exact) mass is 377 g/mol. The largest absolute Gasteiger partial charge is 0.459 e. The quantitative estimate of drug-likeness (QED) is 0.818. The molecule has 0 amide bonds. The minimum atomic E-state index is -3.79. The van der Waals surface area contributed by atoms with Gasteiger partial charge in [-0.1, -0.05) is 22.0 Å². The summed E-state index contributed by atoms with van der Waals surface area (Å²) in [4.78, 5) is 12.0. The third-order valence-corrected chi connectivity index (χ3v) is 4.71. The minimum absolute atomic E-state index is 0.132. The van der Waals surface area contributed by atoms with E-state index in [-0.39, 0.29) is 4.90 Å². The fourth-order valence-electron chi connectivity index (χ4n) is 1.60. The van der Waals surface area contributed by atoms with Crippen LogP contribution >= 0.6 is 15.9 Å². The number of ether oxygens (including phenoxy) is 1. The maximum atomic E-state index is 12.3. The second kappa shape index (κ2) is 6.46. The van der Waals surface area contributed by atoms with Gasteiger partial charge in [-0.3, -0.25) is 4.79 Å². The first-order chi connectivity index (χ1) is 9.42. The molecule has 0 bridgehead atoms. The third kappa shape index (κ3) is 5.41. The first-order valence-corrected chi connectivity index (χ1v) is 8.71. The molecule has 0 unspecified atom stereocenters. The van der Waals surface area contributed by atoms with Crippen LogP contribution in [0.25, 0.3) is 0 Å². The van der Waals surface area contributed by atoms with Crippen LogP contribution in [0.5, 0.6) is 0 Å². The van der Waals surface area contributed by atoms with E-state index in [0.29, 0.717) is 10.0 Å². The Kier molecular flexibility index (Phi) is 5.57. The van der Waals surface area contributed by atoms with Gasteiger partial charge in [-0.15, -0.1) is 0 Å². The topological polar surface area (TPSA) is 72.5 Å². The van der Waals surface area contributed by atoms with Crippen LogP contribution in [0, 0.1) is 6.92 Å². The molecular formula is C14H20BrNO4S. The molecule has 0 aliphatic heterocycles. The molecule has 1 aromatic rings. The van der Waals surface area contributed by atoms with E-state index >= 15 is 0 Å². The van der Waals surface area contributed by atoms with Crippen LogP contribution in [0.1, 0.15) is 33.3 Å². The van der Waals surface area contributed by atoms with E-state index in [1.807, 2.05) is 0 Å². The van der Waals surface area contributed by atoms with E-state index in [4.69, 9.17) is 4.74 Å². The van der Waals surface area contributed by atoms with Crippen molar-refractivity contribution in [3.8, 4) is 0 Å². The van der Waals surface area contributed by atoms with Crippen LogP contribution in [0.3, 0.4) is 0 Å². The van der Waals surface area contributed by atoms with Crippen LogP contribution in [0.2, 0.25) is 0 Å². The van der Waals surface area contributed by atoms with Gasteiger partial charge in [0, 0.05) is 4.47 Å². The summed E-state index contributed by atoms with van der Waals surface area (Å²) < 4.78 is 32.8. The molecular weight excluding hydrogens is 358 g/mol. The molecule has 0 aromatic heterocycles. The highest BCUT2D eigenvalue weighted by atomic mass is 79.9. The Morgan fingerprint density at radius 3 is 2.43 bits per heavy atom. The summed E-state index contributed by atoms with van der Waals surface area (Å²) in [6.45, 7) is 8.33. The molecule has 0 radical (unpaired) electrons. The summed E-state index contributed by atoms with van der Waals surface area (Å²) in [7, 11) is -3.79. The summed E-state index contributed by atoms with van der Waals surface area (Å²) in [5, 5.41) is 0. The lowest BCUT2D eigenvalue weighted by Gasteiger charge is -2.22. The van der Waals surface area contributed by atoms with Gasteiger partial charge in [-0.25, -0.2) is 8.42 Å². The molecule has 1 atom stereocenters. The van der Waals surface area contributed by atoms with E-state index in [0.717, 1.165) is 0 Å². The van der Waals surface area contributed by atoms with Crippen LogP contribution < -0.4 is 4.72 Å². The maximum absolute atomic E-state index is 12.3.